The van der Waals surface area contributed by atoms with Crippen LogP contribution in [0.3, 0.4) is 0 Å². The summed E-state index contributed by atoms with van der Waals surface area (Å²) in [5.41, 5.74) is 1.78. The molecule has 0 saturated carbocycles. The van der Waals surface area contributed by atoms with Crippen LogP contribution in [-0.2, 0) is 23.5 Å². The van der Waals surface area contributed by atoms with Crippen LogP contribution in [0.1, 0.15) is 78.3 Å². The van der Waals surface area contributed by atoms with Crippen molar-refractivity contribution in [3.05, 3.63) is 34.2 Å². The maximum Gasteiger partial charge on any atom is 0.277 e. The van der Waals surface area contributed by atoms with E-state index >= 15 is 0 Å². The minimum absolute atomic E-state index is 0.168. The molecule has 0 atom stereocenters. The monoisotopic (exact) mass is 531 g/mol. The van der Waals surface area contributed by atoms with Crippen LogP contribution in [0.5, 0.6) is 5.75 Å². The number of hydrogen-bond donors (Lipinski definition) is 1. The van der Waals surface area contributed by atoms with Crippen molar-refractivity contribution in [1.82, 2.24) is 24.1 Å². The fourth-order valence-electron chi connectivity index (χ4n) is 4.49. The normalized spacial score (nSPS) is 12.1. The third-order valence-electron chi connectivity index (χ3n) is 6.42. The van der Waals surface area contributed by atoms with Crippen molar-refractivity contribution in [1.29, 1.82) is 0 Å². The zero-order valence-corrected chi connectivity index (χ0v) is 23.7. The number of sulfonamides is 1. The number of fused-ring (bicyclic) bond motifs is 1. The van der Waals surface area contributed by atoms with E-state index in [1.54, 1.807) is 34.2 Å². The lowest BCUT2D eigenvalue weighted by atomic mass is 10.1. The highest BCUT2D eigenvalue weighted by atomic mass is 32.2. The lowest BCUT2D eigenvalue weighted by Crippen LogP contribution is -2.33. The summed E-state index contributed by atoms with van der Waals surface area (Å²) in [5.74, 6) is 0.736. The highest BCUT2D eigenvalue weighted by Gasteiger charge is 2.26. The molecule has 10 heteroatoms. The Morgan fingerprint density at radius 2 is 1.68 bits per heavy atom. The number of aromatic amines is 1. The molecule has 3 rings (SSSR count). The third kappa shape index (κ3) is 6.59. The maximum absolute atomic E-state index is 13.8. The van der Waals surface area contributed by atoms with Gasteiger partial charge in [0.25, 0.3) is 5.56 Å². The molecule has 0 unspecified atom stereocenters. The molecule has 3 aromatic rings. The van der Waals surface area contributed by atoms with Gasteiger partial charge in [-0.1, -0.05) is 52.9 Å². The van der Waals surface area contributed by atoms with E-state index in [4.69, 9.17) is 9.72 Å². The van der Waals surface area contributed by atoms with E-state index in [9.17, 15) is 13.2 Å². The minimum Gasteiger partial charge on any atom is -0.493 e. The average Bonchev–Trinajstić information content (AvgIpc) is 3.19. The molecule has 0 aliphatic rings. The Bertz CT molecular complexity index is 1340. The molecule has 0 saturated heterocycles. The largest absolute Gasteiger partial charge is 0.493 e. The second-order valence-electron chi connectivity index (χ2n) is 9.34. The smallest absolute Gasteiger partial charge is 0.277 e. The number of aromatic nitrogens is 4. The Morgan fingerprint density at radius 3 is 2.27 bits per heavy atom. The van der Waals surface area contributed by atoms with E-state index < -0.39 is 10.0 Å². The summed E-state index contributed by atoms with van der Waals surface area (Å²) in [6, 6.07) is 4.81. The van der Waals surface area contributed by atoms with Crippen LogP contribution in [0, 0.1) is 0 Å². The molecule has 37 heavy (non-hydrogen) atoms. The fraction of sp³-hybridized carbons (Fsp3) is 0.593. The maximum atomic E-state index is 13.8. The van der Waals surface area contributed by atoms with Crippen molar-refractivity contribution in [2.24, 2.45) is 7.05 Å². The van der Waals surface area contributed by atoms with E-state index in [0.29, 0.717) is 48.5 Å². The lowest BCUT2D eigenvalue weighted by molar-refractivity contribution is 0.341. The molecule has 1 N–H and O–H groups in total. The second kappa shape index (κ2) is 13.2. The van der Waals surface area contributed by atoms with Crippen LogP contribution in [0.25, 0.3) is 22.4 Å². The number of nitrogens with zero attached hydrogens (tertiary/aromatic N) is 4. The van der Waals surface area contributed by atoms with Gasteiger partial charge in [-0.2, -0.15) is 9.40 Å². The first-order valence-corrected chi connectivity index (χ1v) is 15.0. The Kier molecular flexibility index (Phi) is 10.3. The molecule has 0 aliphatic carbocycles. The lowest BCUT2D eigenvalue weighted by Gasteiger charge is -2.23. The predicted octanol–water partition coefficient (Wildman–Crippen LogP) is 5.05. The van der Waals surface area contributed by atoms with Gasteiger partial charge in [-0.25, -0.2) is 13.4 Å². The zero-order chi connectivity index (χ0) is 27.0. The summed E-state index contributed by atoms with van der Waals surface area (Å²) < 4.78 is 36.5. The average molecular weight is 532 g/mol. The van der Waals surface area contributed by atoms with Crippen LogP contribution < -0.4 is 10.3 Å². The molecule has 204 valence electrons. The van der Waals surface area contributed by atoms with Gasteiger partial charge in [0.2, 0.25) is 10.0 Å². The van der Waals surface area contributed by atoms with E-state index in [0.717, 1.165) is 50.6 Å². The van der Waals surface area contributed by atoms with Gasteiger partial charge in [0.15, 0.2) is 5.52 Å². The molecule has 0 amide bonds. The molecule has 0 fully saturated rings. The first-order valence-electron chi connectivity index (χ1n) is 13.5. The summed E-state index contributed by atoms with van der Waals surface area (Å²) in [5, 5.41) is 4.49. The number of unbranched alkanes of at least 4 members (excludes halogenated alkanes) is 4. The molecule has 9 nitrogen and oxygen atoms in total. The molecule has 0 radical (unpaired) electrons. The standard InChI is InChI=1S/C27H41N5O4S/c1-6-10-12-17-32(18-13-11-7-2)37(34,35)20-15-16-23(36-9-4)21(19-20)26-28-24-22(14-8-3)30-31(5)25(24)27(33)29-26/h15-16,19H,6-14,17-18H2,1-5H3,(H,28,29,33). The summed E-state index contributed by atoms with van der Waals surface area (Å²) >= 11 is 0. The predicted molar refractivity (Wildman–Crippen MR) is 148 cm³/mol. The SMILES string of the molecule is CCCCCN(CCCCC)S(=O)(=O)c1ccc(OCC)c(-c2nc3c(CCC)nn(C)c3c(=O)[nH]2)c1. The van der Waals surface area contributed by atoms with Crippen molar-refractivity contribution < 1.29 is 13.2 Å². The number of rotatable bonds is 15. The molecule has 2 aromatic heterocycles. The summed E-state index contributed by atoms with van der Waals surface area (Å²) in [7, 11) is -2.02. The number of ether oxygens (including phenoxy) is 1. The topological polar surface area (TPSA) is 110 Å². The molecule has 0 aliphatic heterocycles. The van der Waals surface area contributed by atoms with Gasteiger partial charge < -0.3 is 9.72 Å². The second-order valence-corrected chi connectivity index (χ2v) is 11.3. The summed E-state index contributed by atoms with van der Waals surface area (Å²) in [4.78, 5) is 20.8. The van der Waals surface area contributed by atoms with Crippen molar-refractivity contribution in [3.8, 4) is 17.1 Å². The summed E-state index contributed by atoms with van der Waals surface area (Å²) in [6.07, 6.45) is 7.18. The number of H-pyrrole nitrogens is 1. The molecular formula is C27H41N5O4S. The van der Waals surface area contributed by atoms with Crippen LogP contribution in [-0.4, -0.2) is 52.2 Å². The van der Waals surface area contributed by atoms with Gasteiger partial charge in [-0.05, 0) is 44.4 Å². The molecule has 2 heterocycles. The van der Waals surface area contributed by atoms with Crippen LogP contribution in [0.2, 0.25) is 0 Å². The number of nitrogens with one attached hydrogen (secondary N) is 1. The highest BCUT2D eigenvalue weighted by molar-refractivity contribution is 7.89. The van der Waals surface area contributed by atoms with Gasteiger partial charge in [0, 0.05) is 20.1 Å². The van der Waals surface area contributed by atoms with Crippen molar-refractivity contribution in [2.75, 3.05) is 19.7 Å². The van der Waals surface area contributed by atoms with Crippen LogP contribution >= 0.6 is 0 Å². The van der Waals surface area contributed by atoms with E-state index in [-0.39, 0.29) is 16.3 Å². The van der Waals surface area contributed by atoms with Crippen molar-refractivity contribution in [2.45, 2.75) is 84.0 Å². The third-order valence-corrected chi connectivity index (χ3v) is 8.31. The van der Waals surface area contributed by atoms with Crippen LogP contribution in [0.15, 0.2) is 27.9 Å². The van der Waals surface area contributed by atoms with Crippen molar-refractivity contribution >= 4 is 21.1 Å². The Morgan fingerprint density at radius 1 is 1.00 bits per heavy atom. The first kappa shape index (κ1) is 28.8. The van der Waals surface area contributed by atoms with Gasteiger partial charge in [0.1, 0.15) is 17.1 Å². The first-order chi connectivity index (χ1) is 17.8. The summed E-state index contributed by atoms with van der Waals surface area (Å²) in [6.45, 7) is 9.47. The zero-order valence-electron chi connectivity index (χ0n) is 22.8. The molecule has 1 aromatic carbocycles. The van der Waals surface area contributed by atoms with E-state index in [2.05, 4.69) is 23.9 Å². The van der Waals surface area contributed by atoms with Crippen LogP contribution in [0.4, 0.5) is 0 Å². The fourth-order valence-corrected chi connectivity index (χ4v) is 6.04. The quantitative estimate of drug-likeness (QED) is 0.275. The minimum atomic E-state index is -3.75. The number of hydrogen-bond acceptors (Lipinski definition) is 6. The molecular weight excluding hydrogens is 490 g/mol. The Labute approximate surface area is 220 Å². The van der Waals surface area contributed by atoms with E-state index in [1.165, 1.54) is 0 Å². The Balaban J connectivity index is 2.12. The van der Waals surface area contributed by atoms with Gasteiger partial charge in [-0.3, -0.25) is 9.48 Å². The van der Waals surface area contributed by atoms with Crippen molar-refractivity contribution in [3.63, 3.8) is 0 Å². The van der Waals surface area contributed by atoms with Gasteiger partial charge >= 0.3 is 0 Å². The molecule has 0 bridgehead atoms. The highest BCUT2D eigenvalue weighted by Crippen LogP contribution is 2.32. The molecule has 0 spiro atoms. The van der Waals surface area contributed by atoms with Gasteiger partial charge in [0.05, 0.1) is 22.8 Å². The van der Waals surface area contributed by atoms with Gasteiger partial charge in [-0.15, -0.1) is 0 Å². The number of benzene rings is 1. The number of aryl methyl sites for hydroxylation is 2. The van der Waals surface area contributed by atoms with E-state index in [1.807, 2.05) is 13.8 Å². The Hall–Kier alpha value is -2.72.